The summed E-state index contributed by atoms with van der Waals surface area (Å²) in [5.41, 5.74) is 7.74. The van der Waals surface area contributed by atoms with Gasteiger partial charge in [-0.2, -0.15) is 0 Å². The van der Waals surface area contributed by atoms with Gasteiger partial charge in [-0.05, 0) is 20.3 Å². The van der Waals surface area contributed by atoms with Crippen LogP contribution in [0.2, 0.25) is 0 Å². The summed E-state index contributed by atoms with van der Waals surface area (Å²) in [4.78, 5) is 17.4. The third kappa shape index (κ3) is 5.40. The fraction of sp³-hybridized carbons (Fsp3) is 0.375. The predicted octanol–water partition coefficient (Wildman–Crippen LogP) is 3.28. The normalized spacial score (nSPS) is 11.6. The first-order valence-corrected chi connectivity index (χ1v) is 7.92. The molecule has 0 saturated heterocycles. The molecule has 6 heteroatoms. The number of hydrogen-bond donors (Lipinski definition) is 2. The van der Waals surface area contributed by atoms with Crippen molar-refractivity contribution in [3.63, 3.8) is 0 Å². The van der Waals surface area contributed by atoms with Crippen LogP contribution in [0.1, 0.15) is 30.3 Å². The minimum Gasteiger partial charge on any atom is -0.351 e. The second kappa shape index (κ2) is 8.88. The zero-order valence-electron chi connectivity index (χ0n) is 12.8. The first-order valence-electron chi connectivity index (χ1n) is 7.10. The van der Waals surface area contributed by atoms with Crippen LogP contribution in [0.25, 0.3) is 10.6 Å². The Morgan fingerprint density at radius 1 is 1.36 bits per heavy atom. The van der Waals surface area contributed by atoms with E-state index in [1.165, 1.54) is 0 Å². The monoisotopic (exact) mass is 339 g/mol. The molecule has 1 aromatic heterocycles. The molecule has 1 aromatic carbocycles. The largest absolute Gasteiger partial charge is 0.351 e. The van der Waals surface area contributed by atoms with Crippen molar-refractivity contribution in [3.05, 3.63) is 40.9 Å². The summed E-state index contributed by atoms with van der Waals surface area (Å²) in [6.45, 7) is 4.42. The molecule has 0 aliphatic carbocycles. The maximum absolute atomic E-state index is 11.7. The molecule has 4 nitrogen and oxygen atoms in total. The summed E-state index contributed by atoms with van der Waals surface area (Å²) in [6.07, 6.45) is 1.18. The van der Waals surface area contributed by atoms with Gasteiger partial charge in [0, 0.05) is 22.9 Å². The molecular weight excluding hydrogens is 318 g/mol. The highest BCUT2D eigenvalue weighted by molar-refractivity contribution is 7.15. The van der Waals surface area contributed by atoms with E-state index in [1.54, 1.807) is 11.3 Å². The van der Waals surface area contributed by atoms with Crippen LogP contribution in [0.3, 0.4) is 0 Å². The zero-order chi connectivity index (χ0) is 15.2. The van der Waals surface area contributed by atoms with Gasteiger partial charge in [0.15, 0.2) is 0 Å². The van der Waals surface area contributed by atoms with E-state index in [1.807, 2.05) is 44.2 Å². The molecule has 0 fully saturated rings. The van der Waals surface area contributed by atoms with Crippen LogP contribution in [-0.4, -0.2) is 16.9 Å². The van der Waals surface area contributed by atoms with Crippen molar-refractivity contribution in [2.45, 2.75) is 39.3 Å². The highest BCUT2D eigenvalue weighted by atomic mass is 35.5. The zero-order valence-corrected chi connectivity index (χ0v) is 14.5. The van der Waals surface area contributed by atoms with Gasteiger partial charge in [-0.1, -0.05) is 30.3 Å². The van der Waals surface area contributed by atoms with Crippen molar-refractivity contribution in [1.82, 2.24) is 10.3 Å². The van der Waals surface area contributed by atoms with E-state index in [-0.39, 0.29) is 24.4 Å². The van der Waals surface area contributed by atoms with Gasteiger partial charge < -0.3 is 11.1 Å². The van der Waals surface area contributed by atoms with Gasteiger partial charge in [-0.25, -0.2) is 4.98 Å². The Labute approximate surface area is 141 Å². The van der Waals surface area contributed by atoms with Gasteiger partial charge in [-0.15, -0.1) is 23.7 Å². The van der Waals surface area contributed by atoms with Gasteiger partial charge in [-0.3, -0.25) is 4.79 Å². The number of nitrogens with two attached hydrogens (primary N) is 1. The minimum atomic E-state index is 0. The van der Waals surface area contributed by atoms with Crippen LogP contribution in [0, 0.1) is 6.92 Å². The summed E-state index contributed by atoms with van der Waals surface area (Å²) in [7, 11) is 0. The van der Waals surface area contributed by atoms with Gasteiger partial charge in [0.05, 0.1) is 12.2 Å². The number of thiazole rings is 1. The Morgan fingerprint density at radius 3 is 2.68 bits per heavy atom. The standard InChI is InChI=1S/C16H21N3OS.ClH/c1-11(17)8-9-15(20)18-10-14-12(2)19-16(21-14)13-6-4-3-5-7-13;/h3-7,11H,8-10,17H2,1-2H3,(H,18,20);1H. The lowest BCUT2D eigenvalue weighted by molar-refractivity contribution is -0.121. The van der Waals surface area contributed by atoms with E-state index in [4.69, 9.17) is 5.73 Å². The Kier molecular flexibility index (Phi) is 7.51. The average molecular weight is 340 g/mol. The van der Waals surface area contributed by atoms with Crippen LogP contribution < -0.4 is 11.1 Å². The number of halogens is 1. The number of benzene rings is 1. The summed E-state index contributed by atoms with van der Waals surface area (Å²) in [5.74, 6) is 0.0429. The Balaban J connectivity index is 0.00000242. The fourth-order valence-electron chi connectivity index (χ4n) is 1.92. The highest BCUT2D eigenvalue weighted by Gasteiger charge is 2.10. The third-order valence-electron chi connectivity index (χ3n) is 3.19. The van der Waals surface area contributed by atoms with Gasteiger partial charge in [0.1, 0.15) is 5.01 Å². The summed E-state index contributed by atoms with van der Waals surface area (Å²) in [5, 5.41) is 3.93. The maximum atomic E-state index is 11.7. The molecule has 22 heavy (non-hydrogen) atoms. The van der Waals surface area contributed by atoms with Crippen molar-refractivity contribution >= 4 is 29.7 Å². The molecule has 1 unspecified atom stereocenters. The lowest BCUT2D eigenvalue weighted by Gasteiger charge is -2.06. The van der Waals surface area contributed by atoms with Crippen molar-refractivity contribution in [1.29, 1.82) is 0 Å². The molecule has 1 atom stereocenters. The molecule has 2 aromatic rings. The number of nitrogens with one attached hydrogen (secondary N) is 1. The molecule has 3 N–H and O–H groups in total. The lowest BCUT2D eigenvalue weighted by atomic mass is 10.2. The molecule has 1 heterocycles. The highest BCUT2D eigenvalue weighted by Crippen LogP contribution is 2.27. The van der Waals surface area contributed by atoms with Crippen molar-refractivity contribution in [2.24, 2.45) is 5.73 Å². The summed E-state index contributed by atoms with van der Waals surface area (Å²) < 4.78 is 0. The molecule has 1 amide bonds. The number of hydrogen-bond acceptors (Lipinski definition) is 4. The van der Waals surface area contributed by atoms with E-state index < -0.39 is 0 Å². The summed E-state index contributed by atoms with van der Waals surface area (Å²) >= 11 is 1.63. The van der Waals surface area contributed by atoms with Gasteiger partial charge in [0.2, 0.25) is 5.91 Å². The quantitative estimate of drug-likeness (QED) is 0.848. The third-order valence-corrected chi connectivity index (χ3v) is 4.39. The molecule has 2 rings (SSSR count). The molecule has 0 radical (unpaired) electrons. The van der Waals surface area contributed by atoms with Gasteiger partial charge in [0.25, 0.3) is 0 Å². The van der Waals surface area contributed by atoms with Crippen molar-refractivity contribution < 1.29 is 4.79 Å². The Bertz CT molecular complexity index is 599. The molecule has 0 bridgehead atoms. The molecular formula is C16H22ClN3OS. The Hall–Kier alpha value is -1.43. The second-order valence-electron chi connectivity index (χ2n) is 5.19. The average Bonchev–Trinajstić information content (AvgIpc) is 2.85. The number of rotatable bonds is 6. The van der Waals surface area contributed by atoms with Crippen LogP contribution in [0.5, 0.6) is 0 Å². The van der Waals surface area contributed by atoms with E-state index in [2.05, 4.69) is 10.3 Å². The van der Waals surface area contributed by atoms with Crippen molar-refractivity contribution in [2.75, 3.05) is 0 Å². The molecule has 0 spiro atoms. The smallest absolute Gasteiger partial charge is 0.220 e. The van der Waals surface area contributed by atoms with Crippen molar-refractivity contribution in [3.8, 4) is 10.6 Å². The molecule has 120 valence electrons. The van der Waals surface area contributed by atoms with E-state index >= 15 is 0 Å². The molecule has 0 aliphatic rings. The van der Waals surface area contributed by atoms with Crippen LogP contribution in [0.15, 0.2) is 30.3 Å². The van der Waals surface area contributed by atoms with E-state index in [9.17, 15) is 4.79 Å². The van der Waals surface area contributed by atoms with Crippen LogP contribution in [-0.2, 0) is 11.3 Å². The summed E-state index contributed by atoms with van der Waals surface area (Å²) in [6, 6.07) is 10.1. The first-order chi connectivity index (χ1) is 10.1. The second-order valence-corrected chi connectivity index (χ2v) is 6.27. The Morgan fingerprint density at radius 2 is 2.05 bits per heavy atom. The molecule has 0 aliphatic heterocycles. The van der Waals surface area contributed by atoms with Crippen LogP contribution in [0.4, 0.5) is 0 Å². The van der Waals surface area contributed by atoms with E-state index in [0.717, 1.165) is 21.1 Å². The number of aromatic nitrogens is 1. The SMILES string of the molecule is Cc1nc(-c2ccccc2)sc1CNC(=O)CCC(C)N.Cl. The minimum absolute atomic E-state index is 0. The lowest BCUT2D eigenvalue weighted by Crippen LogP contribution is -2.25. The first kappa shape index (κ1) is 18.6. The topological polar surface area (TPSA) is 68.0 Å². The van der Waals surface area contributed by atoms with Crippen LogP contribution >= 0.6 is 23.7 Å². The maximum Gasteiger partial charge on any atom is 0.220 e. The number of aryl methyl sites for hydroxylation is 1. The van der Waals surface area contributed by atoms with E-state index in [0.29, 0.717) is 19.4 Å². The number of carbonyl (C=O) groups is 1. The predicted molar refractivity (Wildman–Crippen MR) is 94.3 cm³/mol. The number of nitrogens with zero attached hydrogens (tertiary/aromatic N) is 1. The number of carbonyl (C=O) groups excluding carboxylic acids is 1. The number of amides is 1. The van der Waals surface area contributed by atoms with Gasteiger partial charge >= 0.3 is 0 Å². The molecule has 0 saturated carbocycles. The fourth-order valence-corrected chi connectivity index (χ4v) is 2.93.